The van der Waals surface area contributed by atoms with Crippen LogP contribution in [0, 0.1) is 0 Å². The molecule has 0 spiro atoms. The molecule has 0 radical (unpaired) electrons. The largest absolute Gasteiger partial charge is 0.381 e. The van der Waals surface area contributed by atoms with E-state index in [0.717, 1.165) is 38.4 Å². The molecule has 1 aromatic carbocycles. The first-order valence-corrected chi connectivity index (χ1v) is 8.69. The zero-order valence-corrected chi connectivity index (χ0v) is 16.6. The molecule has 2 aliphatic rings. The van der Waals surface area contributed by atoms with Gasteiger partial charge in [-0.05, 0) is 24.0 Å². The van der Waals surface area contributed by atoms with Gasteiger partial charge in [-0.25, -0.2) is 0 Å². The molecule has 1 aromatic rings. The first-order chi connectivity index (χ1) is 11.7. The molecule has 2 saturated heterocycles. The SMILES string of the molecule is Cl.Cl.NC1(C(=O)NCc2ccccc2CN2CCOCC2)CCOCC1. The van der Waals surface area contributed by atoms with Crippen LogP contribution >= 0.6 is 24.8 Å². The van der Waals surface area contributed by atoms with E-state index in [2.05, 4.69) is 22.3 Å². The number of rotatable bonds is 5. The van der Waals surface area contributed by atoms with Gasteiger partial charge < -0.3 is 20.5 Å². The molecule has 3 rings (SSSR count). The lowest BCUT2D eigenvalue weighted by atomic mass is 9.90. The predicted molar refractivity (Wildman–Crippen MR) is 106 cm³/mol. The Bertz CT molecular complexity index is 562. The van der Waals surface area contributed by atoms with Gasteiger partial charge in [0.05, 0.1) is 18.8 Å². The number of hydrogen-bond donors (Lipinski definition) is 2. The van der Waals surface area contributed by atoms with Crippen molar-refractivity contribution in [3.8, 4) is 0 Å². The fraction of sp³-hybridized carbons (Fsp3) is 0.611. The van der Waals surface area contributed by atoms with E-state index in [9.17, 15) is 4.79 Å². The Morgan fingerprint density at radius 2 is 1.62 bits per heavy atom. The number of ether oxygens (including phenoxy) is 2. The lowest BCUT2D eigenvalue weighted by Crippen LogP contribution is -2.56. The van der Waals surface area contributed by atoms with Crippen molar-refractivity contribution >= 4 is 30.7 Å². The summed E-state index contributed by atoms with van der Waals surface area (Å²) in [6, 6.07) is 8.26. The smallest absolute Gasteiger partial charge is 0.240 e. The molecule has 3 N–H and O–H groups in total. The van der Waals surface area contributed by atoms with Crippen LogP contribution in [-0.4, -0.2) is 55.9 Å². The maximum atomic E-state index is 12.5. The van der Waals surface area contributed by atoms with Crippen LogP contribution in [-0.2, 0) is 27.4 Å². The fourth-order valence-corrected chi connectivity index (χ4v) is 3.20. The first-order valence-electron chi connectivity index (χ1n) is 8.69. The zero-order chi connectivity index (χ0) is 16.8. The molecule has 6 nitrogen and oxygen atoms in total. The molecule has 0 bridgehead atoms. The molecule has 2 heterocycles. The summed E-state index contributed by atoms with van der Waals surface area (Å²) in [6.45, 7) is 5.98. The number of morpholine rings is 1. The fourth-order valence-electron chi connectivity index (χ4n) is 3.20. The molecule has 0 aliphatic carbocycles. The van der Waals surface area contributed by atoms with E-state index in [0.29, 0.717) is 32.6 Å². The van der Waals surface area contributed by atoms with E-state index in [1.165, 1.54) is 5.56 Å². The van der Waals surface area contributed by atoms with Gasteiger partial charge in [-0.1, -0.05) is 24.3 Å². The van der Waals surface area contributed by atoms with Crippen molar-refractivity contribution < 1.29 is 14.3 Å². The number of carbonyl (C=O) groups excluding carboxylic acids is 1. The van der Waals surface area contributed by atoms with E-state index in [1.807, 2.05) is 12.1 Å². The van der Waals surface area contributed by atoms with Crippen LogP contribution in [0.5, 0.6) is 0 Å². The number of nitrogens with two attached hydrogens (primary N) is 1. The van der Waals surface area contributed by atoms with Crippen molar-refractivity contribution in [3.63, 3.8) is 0 Å². The highest BCUT2D eigenvalue weighted by Gasteiger charge is 2.35. The quantitative estimate of drug-likeness (QED) is 0.775. The Hall–Kier alpha value is -0.890. The Labute approximate surface area is 167 Å². The lowest BCUT2D eigenvalue weighted by Gasteiger charge is -2.32. The van der Waals surface area contributed by atoms with Gasteiger partial charge in [-0.15, -0.1) is 24.8 Å². The van der Waals surface area contributed by atoms with Gasteiger partial charge in [0.15, 0.2) is 0 Å². The summed E-state index contributed by atoms with van der Waals surface area (Å²) >= 11 is 0. The Morgan fingerprint density at radius 3 is 2.27 bits per heavy atom. The van der Waals surface area contributed by atoms with E-state index < -0.39 is 5.54 Å². The summed E-state index contributed by atoms with van der Waals surface area (Å²) in [5, 5.41) is 3.02. The zero-order valence-electron chi connectivity index (χ0n) is 14.9. The van der Waals surface area contributed by atoms with Gasteiger partial charge in [0.2, 0.25) is 5.91 Å². The summed E-state index contributed by atoms with van der Waals surface area (Å²) in [6.07, 6.45) is 1.16. The van der Waals surface area contributed by atoms with Crippen molar-refractivity contribution in [1.82, 2.24) is 10.2 Å². The Balaban J connectivity index is 0.00000169. The molecule has 1 amide bonds. The van der Waals surface area contributed by atoms with Crippen LogP contribution in [0.25, 0.3) is 0 Å². The molecule has 0 saturated carbocycles. The molecule has 2 aliphatic heterocycles. The Morgan fingerprint density at radius 1 is 1.04 bits per heavy atom. The number of hydrogen-bond acceptors (Lipinski definition) is 5. The second-order valence-corrected chi connectivity index (χ2v) is 6.61. The molecule has 2 fully saturated rings. The van der Waals surface area contributed by atoms with Crippen LogP contribution in [0.1, 0.15) is 24.0 Å². The highest BCUT2D eigenvalue weighted by molar-refractivity contribution is 5.86. The number of halogens is 2. The topological polar surface area (TPSA) is 76.8 Å². The van der Waals surface area contributed by atoms with Gasteiger partial charge in [0, 0.05) is 39.4 Å². The molecule has 0 atom stereocenters. The van der Waals surface area contributed by atoms with E-state index in [4.69, 9.17) is 15.2 Å². The van der Waals surface area contributed by atoms with E-state index in [1.54, 1.807) is 0 Å². The van der Waals surface area contributed by atoms with Gasteiger partial charge in [0.1, 0.15) is 0 Å². The standard InChI is InChI=1S/C18H27N3O3.2ClH/c19-18(5-9-23-10-6-18)17(22)20-13-15-3-1-2-4-16(15)14-21-7-11-24-12-8-21;;/h1-4H,5-14,19H2,(H,20,22);2*1H. The third-order valence-electron chi connectivity index (χ3n) is 4.89. The number of carbonyl (C=O) groups is 1. The van der Waals surface area contributed by atoms with Gasteiger partial charge >= 0.3 is 0 Å². The van der Waals surface area contributed by atoms with E-state index >= 15 is 0 Å². The van der Waals surface area contributed by atoms with Crippen LogP contribution in [0.3, 0.4) is 0 Å². The normalized spacial score (nSPS) is 19.7. The highest BCUT2D eigenvalue weighted by atomic mass is 35.5. The maximum Gasteiger partial charge on any atom is 0.240 e. The number of nitrogens with zero attached hydrogens (tertiary/aromatic N) is 1. The predicted octanol–water partition coefficient (Wildman–Crippen LogP) is 1.49. The van der Waals surface area contributed by atoms with E-state index in [-0.39, 0.29) is 30.7 Å². The van der Waals surface area contributed by atoms with Crippen LogP contribution < -0.4 is 11.1 Å². The minimum Gasteiger partial charge on any atom is -0.381 e. The second-order valence-electron chi connectivity index (χ2n) is 6.61. The minimum absolute atomic E-state index is 0. The molecular weight excluding hydrogens is 377 g/mol. The molecule has 0 unspecified atom stereocenters. The summed E-state index contributed by atoms with van der Waals surface area (Å²) in [5.74, 6) is -0.0769. The van der Waals surface area contributed by atoms with Crippen molar-refractivity contribution in [2.75, 3.05) is 39.5 Å². The van der Waals surface area contributed by atoms with Crippen LogP contribution in [0.15, 0.2) is 24.3 Å². The monoisotopic (exact) mass is 405 g/mol. The summed E-state index contributed by atoms with van der Waals surface area (Å²) in [5.41, 5.74) is 7.84. The maximum absolute atomic E-state index is 12.5. The molecule has 26 heavy (non-hydrogen) atoms. The highest BCUT2D eigenvalue weighted by Crippen LogP contribution is 2.18. The van der Waals surface area contributed by atoms with Crippen molar-refractivity contribution in [3.05, 3.63) is 35.4 Å². The van der Waals surface area contributed by atoms with Crippen molar-refractivity contribution in [1.29, 1.82) is 0 Å². The minimum atomic E-state index is -0.794. The van der Waals surface area contributed by atoms with Crippen molar-refractivity contribution in [2.45, 2.75) is 31.5 Å². The van der Waals surface area contributed by atoms with Crippen LogP contribution in [0.4, 0.5) is 0 Å². The number of benzene rings is 1. The molecule has 8 heteroatoms. The average Bonchev–Trinajstić information content (AvgIpc) is 2.62. The summed E-state index contributed by atoms with van der Waals surface area (Å²) in [4.78, 5) is 14.9. The summed E-state index contributed by atoms with van der Waals surface area (Å²) < 4.78 is 10.7. The molecule has 0 aromatic heterocycles. The van der Waals surface area contributed by atoms with Gasteiger partial charge in [-0.2, -0.15) is 0 Å². The van der Waals surface area contributed by atoms with Gasteiger partial charge in [-0.3, -0.25) is 9.69 Å². The third kappa shape index (κ3) is 6.08. The first kappa shape index (κ1) is 23.1. The number of nitrogens with one attached hydrogen (secondary N) is 1. The van der Waals surface area contributed by atoms with Gasteiger partial charge in [0.25, 0.3) is 0 Å². The molecular formula is C18H29Cl2N3O3. The second kappa shape index (κ2) is 11.1. The Kier molecular flexibility index (Phi) is 9.85. The lowest BCUT2D eigenvalue weighted by molar-refractivity contribution is -0.129. The van der Waals surface area contributed by atoms with Crippen LogP contribution in [0.2, 0.25) is 0 Å². The number of amides is 1. The average molecular weight is 406 g/mol. The molecule has 148 valence electrons. The summed E-state index contributed by atoms with van der Waals surface area (Å²) in [7, 11) is 0. The van der Waals surface area contributed by atoms with Crippen molar-refractivity contribution in [2.24, 2.45) is 5.73 Å². The third-order valence-corrected chi connectivity index (χ3v) is 4.89.